The van der Waals surface area contributed by atoms with Crippen LogP contribution in [0.1, 0.15) is 6.42 Å². The van der Waals surface area contributed by atoms with E-state index in [9.17, 15) is 0 Å². The molecule has 0 aromatic carbocycles. The van der Waals surface area contributed by atoms with Crippen LogP contribution < -0.4 is 5.32 Å². The third-order valence-corrected chi connectivity index (χ3v) is 2.67. The summed E-state index contributed by atoms with van der Waals surface area (Å²) in [6, 6.07) is 0. The number of hydrogen-bond acceptors (Lipinski definition) is 3. The molecule has 1 atom stereocenters. The summed E-state index contributed by atoms with van der Waals surface area (Å²) >= 11 is 0. The number of piperazine rings is 1. The molecule has 2 saturated heterocycles. The monoisotopic (exact) mass is 156 g/mol. The van der Waals surface area contributed by atoms with Crippen molar-refractivity contribution in [1.29, 1.82) is 0 Å². The topological polar surface area (TPSA) is 24.5 Å². The van der Waals surface area contributed by atoms with Crippen LogP contribution in [0.2, 0.25) is 0 Å². The molecule has 2 fully saturated rings. The van der Waals surface area contributed by atoms with Crippen molar-refractivity contribution >= 4 is 0 Å². The van der Waals surface area contributed by atoms with E-state index in [4.69, 9.17) is 4.74 Å². The fourth-order valence-corrected chi connectivity index (χ4v) is 2.03. The summed E-state index contributed by atoms with van der Waals surface area (Å²) in [5.74, 6) is 0. The molecule has 11 heavy (non-hydrogen) atoms. The molecule has 3 heteroatoms. The molecule has 1 N–H and O–H groups in total. The molecule has 64 valence electrons. The Hall–Kier alpha value is -0.120. The first-order valence-corrected chi connectivity index (χ1v) is 4.32. The maximum atomic E-state index is 5.40. The summed E-state index contributed by atoms with van der Waals surface area (Å²) in [7, 11) is 2.18. The van der Waals surface area contributed by atoms with Crippen LogP contribution in [0.15, 0.2) is 0 Å². The van der Waals surface area contributed by atoms with Crippen molar-refractivity contribution in [3.63, 3.8) is 0 Å². The Bertz CT molecular complexity index is 143. The predicted molar refractivity (Wildman–Crippen MR) is 43.7 cm³/mol. The number of likely N-dealkylation sites (N-methyl/N-ethyl adjacent to an activating group) is 1. The minimum absolute atomic E-state index is 0.299. The first-order chi connectivity index (χ1) is 5.31. The molecule has 0 aliphatic carbocycles. The summed E-state index contributed by atoms with van der Waals surface area (Å²) < 4.78 is 5.40. The molecule has 0 aromatic heterocycles. The molecule has 2 rings (SSSR count). The van der Waals surface area contributed by atoms with E-state index in [1.54, 1.807) is 0 Å². The van der Waals surface area contributed by atoms with Gasteiger partial charge in [-0.05, 0) is 13.5 Å². The molecular formula is C8H16N2O. The lowest BCUT2D eigenvalue weighted by molar-refractivity contribution is 0.119. The van der Waals surface area contributed by atoms with Crippen molar-refractivity contribution in [2.24, 2.45) is 0 Å². The van der Waals surface area contributed by atoms with Gasteiger partial charge in [-0.25, -0.2) is 0 Å². The summed E-state index contributed by atoms with van der Waals surface area (Å²) in [6.07, 6.45) is 1.18. The van der Waals surface area contributed by atoms with E-state index in [0.717, 1.165) is 26.3 Å². The van der Waals surface area contributed by atoms with E-state index in [1.807, 2.05) is 0 Å². The highest BCUT2D eigenvalue weighted by Crippen LogP contribution is 2.21. The van der Waals surface area contributed by atoms with Gasteiger partial charge in [0, 0.05) is 26.2 Å². The zero-order valence-corrected chi connectivity index (χ0v) is 7.10. The molecule has 2 aliphatic heterocycles. The van der Waals surface area contributed by atoms with Gasteiger partial charge in [0.25, 0.3) is 0 Å². The molecule has 0 amide bonds. The van der Waals surface area contributed by atoms with E-state index < -0.39 is 0 Å². The van der Waals surface area contributed by atoms with Crippen LogP contribution in [-0.4, -0.2) is 50.3 Å². The molecule has 1 spiro atoms. The molecule has 0 radical (unpaired) electrons. The first-order valence-electron chi connectivity index (χ1n) is 4.32. The van der Waals surface area contributed by atoms with Crippen molar-refractivity contribution in [1.82, 2.24) is 10.2 Å². The lowest BCUT2D eigenvalue weighted by atomic mass is 9.96. The van der Waals surface area contributed by atoms with Gasteiger partial charge in [0.1, 0.15) is 0 Å². The molecule has 0 saturated carbocycles. The summed E-state index contributed by atoms with van der Waals surface area (Å²) in [6.45, 7) is 5.26. The summed E-state index contributed by atoms with van der Waals surface area (Å²) in [4.78, 5) is 2.38. The zero-order valence-electron chi connectivity index (χ0n) is 7.10. The largest absolute Gasteiger partial charge is 0.379 e. The smallest absolute Gasteiger partial charge is 0.0661 e. The number of rotatable bonds is 0. The maximum absolute atomic E-state index is 5.40. The van der Waals surface area contributed by atoms with Gasteiger partial charge in [0.2, 0.25) is 0 Å². The Kier molecular flexibility index (Phi) is 1.87. The predicted octanol–water partition coefficient (Wildman–Crippen LogP) is -0.319. The van der Waals surface area contributed by atoms with Gasteiger partial charge in [-0.1, -0.05) is 0 Å². The lowest BCUT2D eigenvalue weighted by Crippen LogP contribution is -2.59. The first kappa shape index (κ1) is 7.53. The van der Waals surface area contributed by atoms with E-state index in [-0.39, 0.29) is 0 Å². The van der Waals surface area contributed by atoms with E-state index >= 15 is 0 Å². The van der Waals surface area contributed by atoms with E-state index in [2.05, 4.69) is 17.3 Å². The highest BCUT2D eigenvalue weighted by Gasteiger charge is 2.37. The molecule has 0 aromatic rings. The fraction of sp³-hybridized carbons (Fsp3) is 1.00. The van der Waals surface area contributed by atoms with Crippen molar-refractivity contribution in [2.75, 3.05) is 39.9 Å². The second kappa shape index (κ2) is 2.73. The standard InChI is InChI=1S/C8H16N2O/c1-10-4-3-9-8(6-10)2-5-11-7-8/h9H,2-7H2,1H3. The minimum Gasteiger partial charge on any atom is -0.379 e. The van der Waals surface area contributed by atoms with Gasteiger partial charge in [0.05, 0.1) is 12.1 Å². The maximum Gasteiger partial charge on any atom is 0.0661 e. The number of nitrogens with zero attached hydrogens (tertiary/aromatic N) is 1. The van der Waals surface area contributed by atoms with E-state index in [0.29, 0.717) is 5.54 Å². The Balaban J connectivity index is 2.00. The van der Waals surface area contributed by atoms with Crippen molar-refractivity contribution in [3.05, 3.63) is 0 Å². The van der Waals surface area contributed by atoms with Crippen LogP contribution in [0.3, 0.4) is 0 Å². The van der Waals surface area contributed by atoms with Crippen LogP contribution >= 0.6 is 0 Å². The molecular weight excluding hydrogens is 140 g/mol. The number of ether oxygens (including phenoxy) is 1. The molecule has 3 nitrogen and oxygen atoms in total. The minimum atomic E-state index is 0.299. The molecule has 0 bridgehead atoms. The van der Waals surface area contributed by atoms with Gasteiger partial charge in [0.15, 0.2) is 0 Å². The van der Waals surface area contributed by atoms with Gasteiger partial charge in [-0.3, -0.25) is 0 Å². The van der Waals surface area contributed by atoms with Crippen LogP contribution in [0, 0.1) is 0 Å². The average Bonchev–Trinajstić information content (AvgIpc) is 2.37. The van der Waals surface area contributed by atoms with Gasteiger partial charge < -0.3 is 15.0 Å². The summed E-state index contributed by atoms with van der Waals surface area (Å²) in [5, 5.41) is 3.56. The SMILES string of the molecule is CN1CCNC2(CCOC2)C1. The van der Waals surface area contributed by atoms with Crippen molar-refractivity contribution in [2.45, 2.75) is 12.0 Å². The van der Waals surface area contributed by atoms with Crippen molar-refractivity contribution < 1.29 is 4.74 Å². The normalized spacial score (nSPS) is 40.1. The average molecular weight is 156 g/mol. The van der Waals surface area contributed by atoms with Crippen LogP contribution in [0.5, 0.6) is 0 Å². The molecule has 2 heterocycles. The quantitative estimate of drug-likeness (QED) is 0.520. The van der Waals surface area contributed by atoms with E-state index in [1.165, 1.54) is 13.0 Å². The van der Waals surface area contributed by atoms with Crippen LogP contribution in [0.25, 0.3) is 0 Å². The third-order valence-electron chi connectivity index (χ3n) is 2.67. The highest BCUT2D eigenvalue weighted by atomic mass is 16.5. The van der Waals surface area contributed by atoms with Gasteiger partial charge in [-0.15, -0.1) is 0 Å². The fourth-order valence-electron chi connectivity index (χ4n) is 2.03. The second-order valence-corrected chi connectivity index (χ2v) is 3.75. The highest BCUT2D eigenvalue weighted by molar-refractivity contribution is 4.96. The third kappa shape index (κ3) is 1.41. The Morgan fingerprint density at radius 1 is 1.55 bits per heavy atom. The van der Waals surface area contributed by atoms with Crippen LogP contribution in [0.4, 0.5) is 0 Å². The second-order valence-electron chi connectivity index (χ2n) is 3.75. The Morgan fingerprint density at radius 2 is 2.45 bits per heavy atom. The Labute approximate surface area is 67.7 Å². The molecule has 1 unspecified atom stereocenters. The van der Waals surface area contributed by atoms with Gasteiger partial charge >= 0.3 is 0 Å². The number of nitrogens with one attached hydrogen (secondary N) is 1. The van der Waals surface area contributed by atoms with Gasteiger partial charge in [-0.2, -0.15) is 0 Å². The molecule has 2 aliphatic rings. The lowest BCUT2D eigenvalue weighted by Gasteiger charge is -2.38. The van der Waals surface area contributed by atoms with Crippen LogP contribution in [-0.2, 0) is 4.74 Å². The summed E-state index contributed by atoms with van der Waals surface area (Å²) in [5.41, 5.74) is 0.299. The number of hydrogen-bond donors (Lipinski definition) is 1. The van der Waals surface area contributed by atoms with Crippen molar-refractivity contribution in [3.8, 4) is 0 Å². The zero-order chi connectivity index (χ0) is 7.73. The Morgan fingerprint density at radius 3 is 3.09 bits per heavy atom.